The van der Waals surface area contributed by atoms with E-state index in [0.717, 1.165) is 19.3 Å². The van der Waals surface area contributed by atoms with Crippen LogP contribution >= 0.6 is 11.3 Å². The molecule has 10 rings (SSSR count). The molecule has 2 aromatic heterocycles. The van der Waals surface area contributed by atoms with Gasteiger partial charge in [0.15, 0.2) is 0 Å². The highest BCUT2D eigenvalue weighted by Crippen LogP contribution is 2.43. The monoisotopic (exact) mass is 646 g/mol. The van der Waals surface area contributed by atoms with E-state index in [2.05, 4.69) is 173 Å². The first kappa shape index (κ1) is 28.4. The molecule has 0 aliphatic heterocycles. The summed E-state index contributed by atoms with van der Waals surface area (Å²) in [5.74, 6) is 0. The molecule has 2 heterocycles. The standard InChI is InChI=1S/C46H34N2S/c1-2-11-31(12-3-1)33-14-10-15-36(29-33)47(37-26-28-41-40-18-7-9-20-44(40)49-45(41)30-37)34-22-24-35(25-23-34)48-43-19-8-6-17-39(43)42-27-21-32-13-4-5-16-38(32)46(42)48/h1-2,4-11,13-24,26-30,35H,3,12,25H2. The molecule has 0 spiro atoms. The number of allylic oxidation sites excluding steroid dienone is 7. The highest BCUT2D eigenvalue weighted by Gasteiger charge is 2.23. The fourth-order valence-corrected chi connectivity index (χ4v) is 9.19. The van der Waals surface area contributed by atoms with Gasteiger partial charge in [-0.15, -0.1) is 11.3 Å². The van der Waals surface area contributed by atoms with Crippen LogP contribution in [0.3, 0.4) is 0 Å². The summed E-state index contributed by atoms with van der Waals surface area (Å²) in [5, 5.41) is 7.87. The Bertz CT molecular complexity index is 2710. The summed E-state index contributed by atoms with van der Waals surface area (Å²) in [4.78, 5) is 2.46. The Morgan fingerprint density at radius 2 is 1.45 bits per heavy atom. The third-order valence-electron chi connectivity index (χ3n) is 10.4. The Morgan fingerprint density at radius 3 is 2.33 bits per heavy atom. The number of benzene rings is 6. The number of hydrogen-bond acceptors (Lipinski definition) is 2. The van der Waals surface area contributed by atoms with Gasteiger partial charge < -0.3 is 9.47 Å². The fraction of sp³-hybridized carbons (Fsp3) is 0.0870. The molecule has 1 atom stereocenters. The fourth-order valence-electron chi connectivity index (χ4n) is 8.05. The molecular weight excluding hydrogens is 613 g/mol. The van der Waals surface area contributed by atoms with Crippen molar-refractivity contribution >= 4 is 81.0 Å². The van der Waals surface area contributed by atoms with Crippen LogP contribution in [0.25, 0.3) is 58.3 Å². The van der Waals surface area contributed by atoms with Gasteiger partial charge >= 0.3 is 0 Å². The molecule has 6 aromatic carbocycles. The van der Waals surface area contributed by atoms with Crippen molar-refractivity contribution in [3.63, 3.8) is 0 Å². The van der Waals surface area contributed by atoms with Crippen LogP contribution in [0.4, 0.5) is 11.4 Å². The highest BCUT2D eigenvalue weighted by atomic mass is 32.1. The molecule has 0 saturated carbocycles. The number of hydrogen-bond donors (Lipinski definition) is 0. The first-order valence-corrected chi connectivity index (χ1v) is 18.1. The van der Waals surface area contributed by atoms with Gasteiger partial charge in [0.2, 0.25) is 0 Å². The first-order chi connectivity index (χ1) is 24.3. The summed E-state index contributed by atoms with van der Waals surface area (Å²) in [6.07, 6.45) is 17.0. The summed E-state index contributed by atoms with van der Waals surface area (Å²) in [7, 11) is 0. The van der Waals surface area contributed by atoms with E-state index in [9.17, 15) is 0 Å². The number of anilines is 2. The van der Waals surface area contributed by atoms with Crippen LogP contribution in [-0.4, -0.2) is 4.57 Å². The van der Waals surface area contributed by atoms with E-state index in [4.69, 9.17) is 0 Å². The van der Waals surface area contributed by atoms with Gasteiger partial charge in [0.1, 0.15) is 0 Å². The topological polar surface area (TPSA) is 8.17 Å². The van der Waals surface area contributed by atoms with E-state index in [0.29, 0.717) is 0 Å². The normalized spacial score (nSPS) is 16.2. The lowest BCUT2D eigenvalue weighted by Gasteiger charge is -2.30. The Hall–Kier alpha value is -5.64. The average Bonchev–Trinajstić information content (AvgIpc) is 3.71. The van der Waals surface area contributed by atoms with Crippen molar-refractivity contribution in [1.29, 1.82) is 0 Å². The maximum atomic E-state index is 2.58. The maximum Gasteiger partial charge on any atom is 0.0576 e. The van der Waals surface area contributed by atoms with E-state index in [1.807, 2.05) is 11.3 Å². The van der Waals surface area contributed by atoms with Gasteiger partial charge in [-0.05, 0) is 78.3 Å². The molecule has 1 unspecified atom stereocenters. The zero-order valence-corrected chi connectivity index (χ0v) is 27.9. The molecule has 3 heteroatoms. The molecule has 0 radical (unpaired) electrons. The summed E-state index contributed by atoms with van der Waals surface area (Å²) in [6, 6.07) is 47.3. The summed E-state index contributed by atoms with van der Waals surface area (Å²) >= 11 is 1.88. The van der Waals surface area contributed by atoms with Gasteiger partial charge in [0, 0.05) is 58.9 Å². The lowest BCUT2D eigenvalue weighted by atomic mass is 9.96. The molecule has 2 aliphatic rings. The zero-order valence-electron chi connectivity index (χ0n) is 27.1. The maximum absolute atomic E-state index is 2.58. The van der Waals surface area contributed by atoms with Crippen LogP contribution in [0.5, 0.6) is 0 Å². The first-order valence-electron chi connectivity index (χ1n) is 17.3. The van der Waals surface area contributed by atoms with Crippen LogP contribution in [0.2, 0.25) is 0 Å². The molecular formula is C46H34N2S. The number of fused-ring (bicyclic) bond motifs is 8. The van der Waals surface area contributed by atoms with E-state index in [1.54, 1.807) is 0 Å². The number of aromatic nitrogens is 1. The Labute approximate surface area is 289 Å². The van der Waals surface area contributed by atoms with Gasteiger partial charge in [-0.2, -0.15) is 0 Å². The Kier molecular flexibility index (Phi) is 6.66. The second-order valence-corrected chi connectivity index (χ2v) is 14.3. The summed E-state index contributed by atoms with van der Waals surface area (Å²) in [5.41, 5.74) is 8.88. The second-order valence-electron chi connectivity index (χ2n) is 13.2. The molecule has 0 saturated heterocycles. The van der Waals surface area contributed by atoms with Crippen molar-refractivity contribution in [1.82, 2.24) is 4.57 Å². The smallest absolute Gasteiger partial charge is 0.0576 e. The predicted octanol–water partition coefficient (Wildman–Crippen LogP) is 13.3. The van der Waals surface area contributed by atoms with Crippen molar-refractivity contribution in [3.05, 3.63) is 175 Å². The van der Waals surface area contributed by atoms with Crippen molar-refractivity contribution < 1.29 is 0 Å². The van der Waals surface area contributed by atoms with E-state index in [1.165, 1.54) is 81.0 Å². The van der Waals surface area contributed by atoms with E-state index in [-0.39, 0.29) is 6.04 Å². The molecule has 49 heavy (non-hydrogen) atoms. The summed E-state index contributed by atoms with van der Waals surface area (Å²) in [6.45, 7) is 0. The van der Waals surface area contributed by atoms with Gasteiger partial charge in [0.25, 0.3) is 0 Å². The Morgan fingerprint density at radius 1 is 0.653 bits per heavy atom. The minimum absolute atomic E-state index is 0.203. The molecule has 2 aliphatic carbocycles. The van der Waals surface area contributed by atoms with Gasteiger partial charge in [-0.1, -0.05) is 121 Å². The van der Waals surface area contributed by atoms with Crippen molar-refractivity contribution in [3.8, 4) is 0 Å². The van der Waals surface area contributed by atoms with Crippen LogP contribution in [0.1, 0.15) is 30.9 Å². The van der Waals surface area contributed by atoms with Gasteiger partial charge in [-0.3, -0.25) is 0 Å². The number of nitrogens with zero attached hydrogens (tertiary/aromatic N) is 2. The predicted molar refractivity (Wildman–Crippen MR) is 212 cm³/mol. The summed E-state index contributed by atoms with van der Waals surface area (Å²) < 4.78 is 5.22. The minimum Gasteiger partial charge on any atom is -0.333 e. The van der Waals surface area contributed by atoms with E-state index >= 15 is 0 Å². The number of thiophene rings is 1. The van der Waals surface area contributed by atoms with Crippen molar-refractivity contribution in [2.75, 3.05) is 4.90 Å². The molecule has 2 nitrogen and oxygen atoms in total. The lowest BCUT2D eigenvalue weighted by molar-refractivity contribution is 0.644. The van der Waals surface area contributed by atoms with Crippen LogP contribution in [-0.2, 0) is 0 Å². The lowest BCUT2D eigenvalue weighted by Crippen LogP contribution is -2.18. The van der Waals surface area contributed by atoms with Crippen LogP contribution in [0.15, 0.2) is 170 Å². The molecule has 0 amide bonds. The van der Waals surface area contributed by atoms with Gasteiger partial charge in [0.05, 0.1) is 11.6 Å². The molecule has 8 aromatic rings. The second kappa shape index (κ2) is 11.5. The molecule has 234 valence electrons. The number of para-hydroxylation sites is 1. The van der Waals surface area contributed by atoms with Crippen molar-refractivity contribution in [2.24, 2.45) is 0 Å². The van der Waals surface area contributed by atoms with Gasteiger partial charge in [-0.25, -0.2) is 0 Å². The Balaban J connectivity index is 1.11. The molecule has 0 bridgehead atoms. The number of rotatable bonds is 5. The van der Waals surface area contributed by atoms with E-state index < -0.39 is 0 Å². The molecule has 0 N–H and O–H groups in total. The minimum atomic E-state index is 0.203. The third-order valence-corrected chi connectivity index (χ3v) is 11.5. The highest BCUT2D eigenvalue weighted by molar-refractivity contribution is 7.25. The quantitative estimate of drug-likeness (QED) is 0.181. The largest absolute Gasteiger partial charge is 0.333 e. The SMILES string of the molecule is C1=CCCC(c2cccc(N(C3=CCC(n4c5ccccc5c5ccc6ccccc6c54)C=C3)c3ccc4c(c3)sc3ccccc34)c2)=C1. The zero-order chi connectivity index (χ0) is 32.3. The molecule has 0 fully saturated rings. The van der Waals surface area contributed by atoms with Crippen LogP contribution in [0, 0.1) is 0 Å². The average molecular weight is 647 g/mol. The van der Waals surface area contributed by atoms with Crippen molar-refractivity contribution in [2.45, 2.75) is 25.3 Å². The van der Waals surface area contributed by atoms with Crippen LogP contribution < -0.4 is 4.90 Å². The third kappa shape index (κ3) is 4.68.